The summed E-state index contributed by atoms with van der Waals surface area (Å²) in [6.45, 7) is 10.6. The van der Waals surface area contributed by atoms with E-state index < -0.39 is 0 Å². The summed E-state index contributed by atoms with van der Waals surface area (Å²) in [5, 5.41) is 3.77. The lowest BCUT2D eigenvalue weighted by Gasteiger charge is -2.43. The Morgan fingerprint density at radius 1 is 1.29 bits per heavy atom. The molecule has 1 aliphatic rings. The summed E-state index contributed by atoms with van der Waals surface area (Å²) < 4.78 is 5.61. The van der Waals surface area contributed by atoms with Gasteiger partial charge in [-0.3, -0.25) is 4.90 Å². The second-order valence-electron chi connectivity index (χ2n) is 5.98. The summed E-state index contributed by atoms with van der Waals surface area (Å²) in [7, 11) is 0. The molecule has 3 unspecified atom stereocenters. The number of hydrogen-bond acceptors (Lipinski definition) is 3. The minimum absolute atomic E-state index is 0.400. The largest absolute Gasteiger partial charge is 0.379 e. The zero-order valence-electron chi connectivity index (χ0n) is 13.7. The van der Waals surface area contributed by atoms with E-state index in [0.29, 0.717) is 18.1 Å². The van der Waals surface area contributed by atoms with Gasteiger partial charge < -0.3 is 10.1 Å². The van der Waals surface area contributed by atoms with E-state index in [4.69, 9.17) is 4.74 Å². The van der Waals surface area contributed by atoms with Gasteiger partial charge in [0.2, 0.25) is 0 Å². The van der Waals surface area contributed by atoms with Crippen LogP contribution in [0.2, 0.25) is 0 Å². The van der Waals surface area contributed by atoms with Gasteiger partial charge in [0.05, 0.1) is 13.2 Å². The molecule has 1 saturated heterocycles. The first-order valence-electron chi connectivity index (χ1n) is 8.39. The molecular formula is C18H30N2O. The van der Waals surface area contributed by atoms with Gasteiger partial charge in [0.1, 0.15) is 0 Å². The summed E-state index contributed by atoms with van der Waals surface area (Å²) in [4.78, 5) is 2.63. The van der Waals surface area contributed by atoms with Crippen LogP contribution in [0.5, 0.6) is 0 Å². The van der Waals surface area contributed by atoms with Crippen LogP contribution in [-0.2, 0) is 4.74 Å². The molecule has 3 heteroatoms. The van der Waals surface area contributed by atoms with Crippen LogP contribution in [-0.4, -0.2) is 43.3 Å². The number of nitrogens with one attached hydrogen (secondary N) is 1. The van der Waals surface area contributed by atoms with Crippen molar-refractivity contribution in [2.45, 2.75) is 51.7 Å². The lowest BCUT2D eigenvalue weighted by atomic mass is 9.94. The lowest BCUT2D eigenvalue weighted by Crippen LogP contribution is -2.53. The molecule has 0 radical (unpaired) electrons. The quantitative estimate of drug-likeness (QED) is 0.834. The van der Waals surface area contributed by atoms with Crippen molar-refractivity contribution in [1.82, 2.24) is 10.2 Å². The summed E-state index contributed by atoms with van der Waals surface area (Å²) in [6.07, 6.45) is 2.32. The SMILES string of the molecule is CCCNC(c1ccccc1)C(CC)N1CCOCC1C. The van der Waals surface area contributed by atoms with E-state index in [2.05, 4.69) is 61.3 Å². The van der Waals surface area contributed by atoms with Crippen molar-refractivity contribution in [3.63, 3.8) is 0 Å². The van der Waals surface area contributed by atoms with Crippen LogP contribution in [0.3, 0.4) is 0 Å². The number of benzene rings is 1. The summed E-state index contributed by atoms with van der Waals surface area (Å²) >= 11 is 0. The van der Waals surface area contributed by atoms with Crippen molar-refractivity contribution in [1.29, 1.82) is 0 Å². The maximum Gasteiger partial charge on any atom is 0.0619 e. The topological polar surface area (TPSA) is 24.5 Å². The van der Waals surface area contributed by atoms with E-state index in [1.807, 2.05) is 0 Å². The number of nitrogens with zero attached hydrogens (tertiary/aromatic N) is 1. The molecule has 1 aromatic carbocycles. The molecule has 1 heterocycles. The third-order valence-electron chi connectivity index (χ3n) is 4.42. The fourth-order valence-electron chi connectivity index (χ4n) is 3.33. The van der Waals surface area contributed by atoms with Gasteiger partial charge in [-0.25, -0.2) is 0 Å². The molecule has 0 bridgehead atoms. The maximum atomic E-state index is 5.61. The van der Waals surface area contributed by atoms with Crippen LogP contribution >= 0.6 is 0 Å². The first-order chi connectivity index (χ1) is 10.3. The number of ether oxygens (including phenoxy) is 1. The zero-order chi connectivity index (χ0) is 15.1. The Kier molecular flexibility index (Phi) is 6.68. The van der Waals surface area contributed by atoms with E-state index in [9.17, 15) is 0 Å². The summed E-state index contributed by atoms with van der Waals surface area (Å²) in [5.41, 5.74) is 1.40. The van der Waals surface area contributed by atoms with E-state index in [1.165, 1.54) is 12.0 Å². The summed E-state index contributed by atoms with van der Waals surface area (Å²) in [5.74, 6) is 0. The first-order valence-corrected chi connectivity index (χ1v) is 8.39. The Labute approximate surface area is 129 Å². The number of rotatable bonds is 7. The molecule has 3 nitrogen and oxygen atoms in total. The van der Waals surface area contributed by atoms with Crippen LogP contribution in [0.1, 0.15) is 45.2 Å². The third kappa shape index (κ3) is 4.29. The molecule has 0 amide bonds. The van der Waals surface area contributed by atoms with Gasteiger partial charge in [-0.2, -0.15) is 0 Å². The van der Waals surface area contributed by atoms with Gasteiger partial charge >= 0.3 is 0 Å². The predicted molar refractivity (Wildman–Crippen MR) is 88.5 cm³/mol. The van der Waals surface area contributed by atoms with Crippen molar-refractivity contribution < 1.29 is 4.74 Å². The molecule has 0 aliphatic carbocycles. The van der Waals surface area contributed by atoms with Gasteiger partial charge in [-0.1, -0.05) is 44.2 Å². The Bertz CT molecular complexity index is 395. The third-order valence-corrected chi connectivity index (χ3v) is 4.42. The number of morpholine rings is 1. The molecule has 1 fully saturated rings. The van der Waals surface area contributed by atoms with Crippen molar-refractivity contribution in [3.05, 3.63) is 35.9 Å². The monoisotopic (exact) mass is 290 g/mol. The molecule has 1 aromatic rings. The van der Waals surface area contributed by atoms with Gasteiger partial charge in [0.25, 0.3) is 0 Å². The Morgan fingerprint density at radius 3 is 2.67 bits per heavy atom. The molecule has 0 spiro atoms. The first kappa shape index (κ1) is 16.5. The molecular weight excluding hydrogens is 260 g/mol. The fourth-order valence-corrected chi connectivity index (χ4v) is 3.33. The van der Waals surface area contributed by atoms with E-state index in [-0.39, 0.29) is 0 Å². The molecule has 2 rings (SSSR count). The fraction of sp³-hybridized carbons (Fsp3) is 0.667. The molecule has 0 saturated carbocycles. The molecule has 118 valence electrons. The molecule has 1 N–H and O–H groups in total. The van der Waals surface area contributed by atoms with Crippen molar-refractivity contribution >= 4 is 0 Å². The van der Waals surface area contributed by atoms with Gasteiger partial charge in [-0.15, -0.1) is 0 Å². The van der Waals surface area contributed by atoms with E-state index in [1.54, 1.807) is 0 Å². The van der Waals surface area contributed by atoms with Gasteiger partial charge in [-0.05, 0) is 31.9 Å². The molecule has 3 atom stereocenters. The van der Waals surface area contributed by atoms with Crippen molar-refractivity contribution in [2.75, 3.05) is 26.3 Å². The highest BCUT2D eigenvalue weighted by Gasteiger charge is 2.31. The van der Waals surface area contributed by atoms with Crippen molar-refractivity contribution in [3.8, 4) is 0 Å². The maximum absolute atomic E-state index is 5.61. The Morgan fingerprint density at radius 2 is 2.05 bits per heavy atom. The van der Waals surface area contributed by atoms with E-state index in [0.717, 1.165) is 32.7 Å². The average molecular weight is 290 g/mol. The minimum atomic E-state index is 0.400. The van der Waals surface area contributed by atoms with Crippen LogP contribution in [0, 0.1) is 0 Å². The lowest BCUT2D eigenvalue weighted by molar-refractivity contribution is -0.0309. The highest BCUT2D eigenvalue weighted by molar-refractivity contribution is 5.21. The molecule has 21 heavy (non-hydrogen) atoms. The van der Waals surface area contributed by atoms with Crippen LogP contribution in [0.4, 0.5) is 0 Å². The summed E-state index contributed by atoms with van der Waals surface area (Å²) in [6, 6.07) is 12.3. The zero-order valence-corrected chi connectivity index (χ0v) is 13.7. The average Bonchev–Trinajstić information content (AvgIpc) is 2.53. The standard InChI is InChI=1S/C18H30N2O/c1-4-11-19-18(16-9-7-6-8-10-16)17(5-2)20-12-13-21-14-15(20)3/h6-10,15,17-19H,4-5,11-14H2,1-3H3. The molecule has 0 aromatic heterocycles. The van der Waals surface area contributed by atoms with E-state index >= 15 is 0 Å². The smallest absolute Gasteiger partial charge is 0.0619 e. The van der Waals surface area contributed by atoms with Crippen LogP contribution in [0.15, 0.2) is 30.3 Å². The second kappa shape index (κ2) is 8.52. The predicted octanol–water partition coefficient (Wildman–Crippen LogP) is 3.23. The Hall–Kier alpha value is -0.900. The molecule has 1 aliphatic heterocycles. The number of hydrogen-bond donors (Lipinski definition) is 1. The highest BCUT2D eigenvalue weighted by atomic mass is 16.5. The Balaban J connectivity index is 2.19. The van der Waals surface area contributed by atoms with Crippen molar-refractivity contribution in [2.24, 2.45) is 0 Å². The normalized spacial score (nSPS) is 22.9. The highest BCUT2D eigenvalue weighted by Crippen LogP contribution is 2.26. The van der Waals surface area contributed by atoms with Gasteiger partial charge in [0, 0.05) is 24.7 Å². The van der Waals surface area contributed by atoms with Crippen LogP contribution < -0.4 is 5.32 Å². The van der Waals surface area contributed by atoms with Crippen LogP contribution in [0.25, 0.3) is 0 Å². The second-order valence-corrected chi connectivity index (χ2v) is 5.98. The van der Waals surface area contributed by atoms with Gasteiger partial charge in [0.15, 0.2) is 0 Å². The minimum Gasteiger partial charge on any atom is -0.379 e.